The quantitative estimate of drug-likeness (QED) is 0.828. The lowest BCUT2D eigenvalue weighted by molar-refractivity contribution is 0.0950. The van der Waals surface area contributed by atoms with Gasteiger partial charge in [-0.25, -0.2) is 0 Å². The SMILES string of the molecule is Cc1ccc(C(=O)[C@@H](C)NCc2ccccc2)cc1. The first-order valence-electron chi connectivity index (χ1n) is 6.55. The maximum Gasteiger partial charge on any atom is 0.179 e. The molecule has 0 radical (unpaired) electrons. The highest BCUT2D eigenvalue weighted by Gasteiger charge is 2.14. The summed E-state index contributed by atoms with van der Waals surface area (Å²) in [6, 6.07) is 17.6. The fourth-order valence-corrected chi connectivity index (χ4v) is 1.93. The van der Waals surface area contributed by atoms with Crippen molar-refractivity contribution in [2.24, 2.45) is 0 Å². The number of ketones is 1. The average molecular weight is 253 g/mol. The van der Waals surface area contributed by atoms with Crippen LogP contribution in [0.1, 0.15) is 28.4 Å². The van der Waals surface area contributed by atoms with Crippen molar-refractivity contribution in [3.63, 3.8) is 0 Å². The van der Waals surface area contributed by atoms with Crippen LogP contribution >= 0.6 is 0 Å². The number of carbonyl (C=O) groups excluding carboxylic acids is 1. The topological polar surface area (TPSA) is 29.1 Å². The molecule has 2 nitrogen and oxygen atoms in total. The van der Waals surface area contributed by atoms with E-state index in [0.29, 0.717) is 6.54 Å². The van der Waals surface area contributed by atoms with E-state index in [9.17, 15) is 4.79 Å². The predicted molar refractivity (Wildman–Crippen MR) is 78.3 cm³/mol. The molecule has 0 saturated heterocycles. The Balaban J connectivity index is 1.94. The molecule has 0 spiro atoms. The first kappa shape index (κ1) is 13.5. The lowest BCUT2D eigenvalue weighted by Gasteiger charge is -2.13. The highest BCUT2D eigenvalue weighted by Crippen LogP contribution is 2.07. The molecule has 0 fully saturated rings. The molecule has 98 valence electrons. The zero-order chi connectivity index (χ0) is 13.7. The van der Waals surface area contributed by atoms with Crippen LogP contribution in [0.4, 0.5) is 0 Å². The summed E-state index contributed by atoms with van der Waals surface area (Å²) in [5.41, 5.74) is 3.12. The molecular formula is C17H19NO. The number of nitrogens with one attached hydrogen (secondary N) is 1. The third-order valence-electron chi connectivity index (χ3n) is 3.18. The lowest BCUT2D eigenvalue weighted by Crippen LogP contribution is -2.33. The second kappa shape index (κ2) is 6.30. The van der Waals surface area contributed by atoms with E-state index in [0.717, 1.165) is 5.56 Å². The van der Waals surface area contributed by atoms with Gasteiger partial charge in [0.2, 0.25) is 0 Å². The third kappa shape index (κ3) is 3.76. The normalized spacial score (nSPS) is 12.1. The van der Waals surface area contributed by atoms with Gasteiger partial charge >= 0.3 is 0 Å². The minimum atomic E-state index is -0.178. The molecule has 2 aromatic rings. The van der Waals surface area contributed by atoms with Crippen molar-refractivity contribution in [2.45, 2.75) is 26.4 Å². The molecule has 0 aliphatic rings. The molecule has 2 heteroatoms. The number of hydrogen-bond donors (Lipinski definition) is 1. The molecule has 0 bridgehead atoms. The van der Waals surface area contributed by atoms with Crippen LogP contribution in [0.15, 0.2) is 54.6 Å². The summed E-state index contributed by atoms with van der Waals surface area (Å²) < 4.78 is 0. The molecule has 0 amide bonds. The van der Waals surface area contributed by atoms with E-state index >= 15 is 0 Å². The smallest absolute Gasteiger partial charge is 0.179 e. The Morgan fingerprint density at radius 1 is 1.05 bits per heavy atom. The average Bonchev–Trinajstić information content (AvgIpc) is 2.46. The standard InChI is InChI=1S/C17H19NO/c1-13-8-10-16(11-9-13)17(19)14(2)18-12-15-6-4-3-5-7-15/h3-11,14,18H,12H2,1-2H3/t14-/m1/s1. The first-order valence-corrected chi connectivity index (χ1v) is 6.55. The molecule has 1 N–H and O–H groups in total. The van der Waals surface area contributed by atoms with Gasteiger partial charge in [-0.2, -0.15) is 0 Å². The van der Waals surface area contributed by atoms with Crippen molar-refractivity contribution in [3.8, 4) is 0 Å². The van der Waals surface area contributed by atoms with E-state index in [1.807, 2.05) is 56.3 Å². The van der Waals surface area contributed by atoms with Gasteiger partial charge in [-0.3, -0.25) is 4.79 Å². The Kier molecular flexibility index (Phi) is 4.48. The number of hydrogen-bond acceptors (Lipinski definition) is 2. The maximum atomic E-state index is 12.2. The molecule has 0 heterocycles. The zero-order valence-electron chi connectivity index (χ0n) is 11.4. The van der Waals surface area contributed by atoms with Gasteiger partial charge < -0.3 is 5.32 Å². The van der Waals surface area contributed by atoms with Gasteiger partial charge in [-0.1, -0.05) is 60.2 Å². The highest BCUT2D eigenvalue weighted by atomic mass is 16.1. The Morgan fingerprint density at radius 2 is 1.68 bits per heavy atom. The van der Waals surface area contributed by atoms with Gasteiger partial charge in [0, 0.05) is 12.1 Å². The Hall–Kier alpha value is -1.93. The van der Waals surface area contributed by atoms with E-state index in [-0.39, 0.29) is 11.8 Å². The van der Waals surface area contributed by atoms with E-state index in [1.54, 1.807) is 0 Å². The molecule has 0 aliphatic carbocycles. The fraction of sp³-hybridized carbons (Fsp3) is 0.235. The minimum absolute atomic E-state index is 0.135. The van der Waals surface area contributed by atoms with E-state index < -0.39 is 0 Å². The van der Waals surface area contributed by atoms with Crippen LogP contribution in [0.5, 0.6) is 0 Å². The number of benzene rings is 2. The summed E-state index contributed by atoms with van der Waals surface area (Å²) in [7, 11) is 0. The third-order valence-corrected chi connectivity index (χ3v) is 3.18. The van der Waals surface area contributed by atoms with Gasteiger partial charge in [-0.05, 0) is 19.4 Å². The van der Waals surface area contributed by atoms with Crippen LogP contribution in [-0.2, 0) is 6.54 Å². The Morgan fingerprint density at radius 3 is 2.32 bits per heavy atom. The lowest BCUT2D eigenvalue weighted by atomic mass is 10.0. The van der Waals surface area contributed by atoms with Crippen LogP contribution in [0, 0.1) is 6.92 Å². The molecular weight excluding hydrogens is 234 g/mol. The van der Waals surface area contributed by atoms with E-state index in [2.05, 4.69) is 17.4 Å². The van der Waals surface area contributed by atoms with Crippen LogP contribution in [0.3, 0.4) is 0 Å². The van der Waals surface area contributed by atoms with Crippen molar-refractivity contribution in [3.05, 3.63) is 71.3 Å². The minimum Gasteiger partial charge on any atom is -0.303 e. The van der Waals surface area contributed by atoms with Crippen molar-refractivity contribution >= 4 is 5.78 Å². The van der Waals surface area contributed by atoms with Crippen molar-refractivity contribution in [1.82, 2.24) is 5.32 Å². The second-order valence-corrected chi connectivity index (χ2v) is 4.82. The highest BCUT2D eigenvalue weighted by molar-refractivity contribution is 5.99. The number of Topliss-reactive ketones (excluding diaryl/α,β-unsaturated/α-hetero) is 1. The van der Waals surface area contributed by atoms with Crippen LogP contribution in [0.25, 0.3) is 0 Å². The summed E-state index contributed by atoms with van der Waals surface area (Å²) in [6.45, 7) is 4.63. The number of carbonyl (C=O) groups is 1. The second-order valence-electron chi connectivity index (χ2n) is 4.82. The van der Waals surface area contributed by atoms with Gasteiger partial charge in [-0.15, -0.1) is 0 Å². The Bertz CT molecular complexity index is 531. The van der Waals surface area contributed by atoms with Gasteiger partial charge in [0.05, 0.1) is 6.04 Å². The van der Waals surface area contributed by atoms with E-state index in [4.69, 9.17) is 0 Å². The summed E-state index contributed by atoms with van der Waals surface area (Å²) in [5.74, 6) is 0.135. The molecule has 0 aliphatic heterocycles. The van der Waals surface area contributed by atoms with Crippen molar-refractivity contribution in [1.29, 1.82) is 0 Å². The maximum absolute atomic E-state index is 12.2. The first-order chi connectivity index (χ1) is 9.16. The van der Waals surface area contributed by atoms with Crippen LogP contribution in [-0.4, -0.2) is 11.8 Å². The van der Waals surface area contributed by atoms with Gasteiger partial charge in [0.15, 0.2) is 5.78 Å². The predicted octanol–water partition coefficient (Wildman–Crippen LogP) is 3.36. The summed E-state index contributed by atoms with van der Waals surface area (Å²) >= 11 is 0. The molecule has 0 unspecified atom stereocenters. The van der Waals surface area contributed by atoms with Gasteiger partial charge in [0.1, 0.15) is 0 Å². The monoisotopic (exact) mass is 253 g/mol. The fourth-order valence-electron chi connectivity index (χ4n) is 1.93. The molecule has 0 aromatic heterocycles. The molecule has 0 saturated carbocycles. The zero-order valence-corrected chi connectivity index (χ0v) is 11.4. The number of rotatable bonds is 5. The van der Waals surface area contributed by atoms with Gasteiger partial charge in [0.25, 0.3) is 0 Å². The molecule has 2 rings (SSSR count). The largest absolute Gasteiger partial charge is 0.303 e. The summed E-state index contributed by atoms with van der Waals surface area (Å²) in [6.07, 6.45) is 0. The van der Waals surface area contributed by atoms with Crippen LogP contribution in [0.2, 0.25) is 0 Å². The van der Waals surface area contributed by atoms with E-state index in [1.165, 1.54) is 11.1 Å². The van der Waals surface area contributed by atoms with Crippen LogP contribution < -0.4 is 5.32 Å². The Labute approximate surface area is 114 Å². The molecule has 1 atom stereocenters. The van der Waals surface area contributed by atoms with Crippen molar-refractivity contribution < 1.29 is 4.79 Å². The number of aryl methyl sites for hydroxylation is 1. The summed E-state index contributed by atoms with van der Waals surface area (Å²) in [5, 5.41) is 3.26. The van der Waals surface area contributed by atoms with Crippen molar-refractivity contribution in [2.75, 3.05) is 0 Å². The summed E-state index contributed by atoms with van der Waals surface area (Å²) in [4.78, 5) is 12.2. The molecule has 2 aromatic carbocycles. The molecule has 19 heavy (non-hydrogen) atoms.